The third kappa shape index (κ3) is 5.61. The molecule has 4 rings (SSSR count). The smallest absolute Gasteiger partial charge is 0.194 e. The third-order valence-electron chi connectivity index (χ3n) is 5.52. The second-order valence-corrected chi connectivity index (χ2v) is 8.55. The summed E-state index contributed by atoms with van der Waals surface area (Å²) >= 11 is 12.5. The largest absolute Gasteiger partial charge is 0.386 e. The molecule has 0 spiro atoms. The van der Waals surface area contributed by atoms with Crippen LogP contribution in [-0.4, -0.2) is 82.0 Å². The van der Waals surface area contributed by atoms with E-state index in [1.807, 2.05) is 6.07 Å². The van der Waals surface area contributed by atoms with E-state index in [1.165, 1.54) is 0 Å². The molecule has 2 aliphatic rings. The van der Waals surface area contributed by atoms with Crippen molar-refractivity contribution in [3.8, 4) is 0 Å². The number of nitrogens with two attached hydrogens (primary N) is 1. The lowest BCUT2D eigenvalue weighted by molar-refractivity contribution is 0.0331. The molecular weight excluding hydrogens is 439 g/mol. The normalized spacial score (nSPS) is 20.6. The van der Waals surface area contributed by atoms with E-state index in [0.29, 0.717) is 53.5 Å². The highest BCUT2D eigenvalue weighted by molar-refractivity contribution is 6.33. The van der Waals surface area contributed by atoms with Crippen LogP contribution in [0.1, 0.15) is 23.6 Å². The molecule has 1 atom stereocenters. The minimum atomic E-state index is -0.225. The Morgan fingerprint density at radius 1 is 1.23 bits per heavy atom. The van der Waals surface area contributed by atoms with Gasteiger partial charge in [-0.05, 0) is 23.8 Å². The first-order valence-corrected chi connectivity index (χ1v) is 11.0. The van der Waals surface area contributed by atoms with Gasteiger partial charge in [0.2, 0.25) is 0 Å². The van der Waals surface area contributed by atoms with Crippen LogP contribution in [0, 0.1) is 5.41 Å². The quantitative estimate of drug-likeness (QED) is 0.538. The number of H-pyrrole nitrogens is 1. The van der Waals surface area contributed by atoms with Gasteiger partial charge in [0.15, 0.2) is 5.82 Å². The zero-order chi connectivity index (χ0) is 21.8. The standard InChI is InChI=1S/C20H26Cl2N8O/c21-14-1-2-15(22)13(9-14)11-30-4-3-25-19(24)17(30)10-16(23)20-26-18(27-28-20)12-29-5-7-31-8-6-29/h1-2,9,17,23H,3-8,10-12H2,(H2,24,25)(H,26,27,28). The van der Waals surface area contributed by atoms with Crippen molar-refractivity contribution in [2.45, 2.75) is 25.6 Å². The SMILES string of the molecule is N=C(CC1C(N)=NCCN1Cc1cc(Cl)ccc1Cl)c1n[nH]c(CN2CCOCC2)n1. The molecule has 0 bridgehead atoms. The number of aliphatic imine (C=N–C) groups is 1. The Morgan fingerprint density at radius 2 is 2.03 bits per heavy atom. The van der Waals surface area contributed by atoms with E-state index in [2.05, 4.69) is 30.0 Å². The van der Waals surface area contributed by atoms with E-state index in [0.717, 1.165) is 44.2 Å². The van der Waals surface area contributed by atoms with Crippen molar-refractivity contribution >= 4 is 34.7 Å². The van der Waals surface area contributed by atoms with Crippen molar-refractivity contribution in [3.63, 3.8) is 0 Å². The first-order valence-electron chi connectivity index (χ1n) is 10.3. The summed E-state index contributed by atoms with van der Waals surface area (Å²) in [6, 6.07) is 5.20. The predicted octanol–water partition coefficient (Wildman–Crippen LogP) is 1.94. The molecule has 0 saturated carbocycles. The Morgan fingerprint density at radius 3 is 2.84 bits per heavy atom. The molecule has 9 nitrogen and oxygen atoms in total. The van der Waals surface area contributed by atoms with Crippen molar-refractivity contribution in [3.05, 3.63) is 45.5 Å². The summed E-state index contributed by atoms with van der Waals surface area (Å²) in [7, 11) is 0. The zero-order valence-corrected chi connectivity index (χ0v) is 18.7. The maximum absolute atomic E-state index is 8.57. The number of amidine groups is 1. The summed E-state index contributed by atoms with van der Waals surface area (Å²) < 4.78 is 5.38. The molecule has 4 N–H and O–H groups in total. The monoisotopic (exact) mass is 464 g/mol. The predicted molar refractivity (Wildman–Crippen MR) is 121 cm³/mol. The number of aromatic nitrogens is 3. The fourth-order valence-electron chi connectivity index (χ4n) is 3.82. The number of hydrogen-bond acceptors (Lipinski definition) is 8. The van der Waals surface area contributed by atoms with Gasteiger partial charge in [-0.15, -0.1) is 0 Å². The number of halogens is 2. The van der Waals surface area contributed by atoms with Crippen molar-refractivity contribution in [1.82, 2.24) is 25.0 Å². The van der Waals surface area contributed by atoms with E-state index in [-0.39, 0.29) is 6.04 Å². The second-order valence-electron chi connectivity index (χ2n) is 7.71. The summed E-state index contributed by atoms with van der Waals surface area (Å²) in [5.41, 5.74) is 7.47. The van der Waals surface area contributed by atoms with Crippen molar-refractivity contribution in [2.75, 3.05) is 39.4 Å². The number of hydrogen-bond donors (Lipinski definition) is 3. The Kier molecular flexibility index (Phi) is 7.19. The molecule has 1 saturated heterocycles. The molecule has 0 amide bonds. The van der Waals surface area contributed by atoms with Gasteiger partial charge in [0.05, 0.1) is 38.1 Å². The number of benzene rings is 1. The number of nitrogens with zero attached hydrogens (tertiary/aromatic N) is 5. The number of rotatable bonds is 7. The van der Waals surface area contributed by atoms with Gasteiger partial charge in [0, 0.05) is 42.6 Å². The average Bonchev–Trinajstić information content (AvgIpc) is 3.22. The average molecular weight is 465 g/mol. The van der Waals surface area contributed by atoms with Gasteiger partial charge >= 0.3 is 0 Å². The zero-order valence-electron chi connectivity index (χ0n) is 17.2. The lowest BCUT2D eigenvalue weighted by Gasteiger charge is -2.34. The second kappa shape index (κ2) is 10.1. The third-order valence-corrected chi connectivity index (χ3v) is 6.12. The van der Waals surface area contributed by atoms with E-state index < -0.39 is 0 Å². The summed E-state index contributed by atoms with van der Waals surface area (Å²) in [4.78, 5) is 13.3. The minimum absolute atomic E-state index is 0.225. The highest BCUT2D eigenvalue weighted by Gasteiger charge is 2.28. The first-order chi connectivity index (χ1) is 15.0. The molecule has 3 heterocycles. The van der Waals surface area contributed by atoms with Gasteiger partial charge in [-0.3, -0.25) is 19.9 Å². The molecule has 1 aromatic carbocycles. The van der Waals surface area contributed by atoms with Crippen molar-refractivity contribution < 1.29 is 4.74 Å². The highest BCUT2D eigenvalue weighted by atomic mass is 35.5. The van der Waals surface area contributed by atoms with E-state index >= 15 is 0 Å². The molecule has 31 heavy (non-hydrogen) atoms. The molecular formula is C20H26Cl2N8O. The summed E-state index contributed by atoms with van der Waals surface area (Å²) in [6.45, 7) is 5.75. The number of aromatic amines is 1. The number of ether oxygens (including phenoxy) is 1. The molecule has 2 aliphatic heterocycles. The first kappa shape index (κ1) is 22.2. The van der Waals surface area contributed by atoms with Gasteiger partial charge in [-0.25, -0.2) is 4.98 Å². The summed E-state index contributed by atoms with van der Waals surface area (Å²) in [5.74, 6) is 1.65. The maximum Gasteiger partial charge on any atom is 0.194 e. The van der Waals surface area contributed by atoms with Crippen molar-refractivity contribution in [1.29, 1.82) is 5.41 Å². The molecule has 2 aromatic rings. The Bertz CT molecular complexity index is 956. The van der Waals surface area contributed by atoms with Crippen LogP contribution in [0.15, 0.2) is 23.2 Å². The van der Waals surface area contributed by atoms with Crippen LogP contribution in [-0.2, 0) is 17.8 Å². The highest BCUT2D eigenvalue weighted by Crippen LogP contribution is 2.24. The maximum atomic E-state index is 8.57. The lowest BCUT2D eigenvalue weighted by Crippen LogP contribution is -2.50. The molecule has 1 fully saturated rings. The van der Waals surface area contributed by atoms with Gasteiger partial charge < -0.3 is 15.9 Å². The van der Waals surface area contributed by atoms with Crippen LogP contribution >= 0.6 is 23.2 Å². The number of morpholine rings is 1. The van der Waals surface area contributed by atoms with E-state index in [9.17, 15) is 0 Å². The minimum Gasteiger partial charge on any atom is -0.386 e. The Labute approximate surface area is 191 Å². The topological polar surface area (TPSA) is 120 Å². The van der Waals surface area contributed by atoms with Crippen LogP contribution in [0.2, 0.25) is 10.0 Å². The van der Waals surface area contributed by atoms with Crippen LogP contribution in [0.3, 0.4) is 0 Å². The van der Waals surface area contributed by atoms with Crippen molar-refractivity contribution in [2.24, 2.45) is 10.7 Å². The van der Waals surface area contributed by atoms with Gasteiger partial charge in [-0.1, -0.05) is 23.2 Å². The molecule has 11 heteroatoms. The van der Waals surface area contributed by atoms with Crippen LogP contribution in [0.4, 0.5) is 0 Å². The number of nitrogens with one attached hydrogen (secondary N) is 2. The van der Waals surface area contributed by atoms with Gasteiger partial charge in [0.25, 0.3) is 0 Å². The molecule has 1 aromatic heterocycles. The summed E-state index contributed by atoms with van der Waals surface area (Å²) in [6.07, 6.45) is 0.363. The van der Waals surface area contributed by atoms with Gasteiger partial charge in [-0.2, -0.15) is 5.10 Å². The summed E-state index contributed by atoms with van der Waals surface area (Å²) in [5, 5.41) is 17.1. The molecule has 166 valence electrons. The van der Waals surface area contributed by atoms with E-state index in [4.69, 9.17) is 39.1 Å². The van der Waals surface area contributed by atoms with Crippen LogP contribution in [0.25, 0.3) is 0 Å². The molecule has 0 aliphatic carbocycles. The fraction of sp³-hybridized carbons (Fsp3) is 0.500. The van der Waals surface area contributed by atoms with E-state index in [1.54, 1.807) is 12.1 Å². The van der Waals surface area contributed by atoms with Gasteiger partial charge in [0.1, 0.15) is 11.7 Å². The lowest BCUT2D eigenvalue weighted by atomic mass is 10.0. The van der Waals surface area contributed by atoms with Crippen LogP contribution in [0.5, 0.6) is 0 Å². The fourth-order valence-corrected chi connectivity index (χ4v) is 4.19. The molecule has 1 unspecified atom stereocenters. The molecule has 0 radical (unpaired) electrons. The Hall–Kier alpha value is -2.04. The Balaban J connectivity index is 1.43. The van der Waals surface area contributed by atoms with Crippen LogP contribution < -0.4 is 5.73 Å².